The molecule has 1 aromatic rings. The second-order valence-corrected chi connectivity index (χ2v) is 8.93. The summed E-state index contributed by atoms with van der Waals surface area (Å²) in [5.41, 5.74) is -2.68. The summed E-state index contributed by atoms with van der Waals surface area (Å²) in [6, 6.07) is -0.427. The first kappa shape index (κ1) is 25.7. The number of fused-ring (bicyclic) bond motifs is 1. The number of ether oxygens (including phenoxy) is 1. The normalized spacial score (nSPS) is 16.0. The molecule has 2 rings (SSSR count). The van der Waals surface area contributed by atoms with Gasteiger partial charge >= 0.3 is 18.2 Å². The number of H-pyrrole nitrogens is 1. The van der Waals surface area contributed by atoms with Crippen molar-refractivity contribution in [1.82, 2.24) is 24.9 Å². The lowest BCUT2D eigenvalue weighted by atomic mass is 9.82. The number of rotatable bonds is 6. The van der Waals surface area contributed by atoms with Gasteiger partial charge in [0.05, 0.1) is 11.8 Å². The number of nitrogens with one attached hydrogen (secondary N) is 1. The van der Waals surface area contributed by atoms with Gasteiger partial charge in [0, 0.05) is 43.9 Å². The highest BCUT2D eigenvalue weighted by Crippen LogP contribution is 2.42. The lowest BCUT2D eigenvalue weighted by molar-refractivity contribution is -0.142. The molecular formula is C21H32F3N5O3. The summed E-state index contributed by atoms with van der Waals surface area (Å²) in [6.45, 7) is 10.2. The molecule has 0 aromatic carbocycles. The average molecular weight is 460 g/mol. The van der Waals surface area contributed by atoms with Crippen LogP contribution < -0.4 is 0 Å². The van der Waals surface area contributed by atoms with E-state index in [0.29, 0.717) is 13.1 Å². The molecular weight excluding hydrogens is 427 g/mol. The number of esters is 1. The van der Waals surface area contributed by atoms with Crippen molar-refractivity contribution < 1.29 is 27.5 Å². The first-order chi connectivity index (χ1) is 14.7. The molecule has 0 atom stereocenters. The van der Waals surface area contributed by atoms with Crippen molar-refractivity contribution in [2.75, 3.05) is 40.3 Å². The number of alkyl halides is 3. The molecule has 0 fully saturated rings. The van der Waals surface area contributed by atoms with E-state index in [9.17, 15) is 22.8 Å². The van der Waals surface area contributed by atoms with E-state index in [4.69, 9.17) is 4.74 Å². The van der Waals surface area contributed by atoms with E-state index in [-0.39, 0.29) is 23.4 Å². The lowest BCUT2D eigenvalue weighted by Gasteiger charge is -2.32. The van der Waals surface area contributed by atoms with Gasteiger partial charge in [0.25, 0.3) is 0 Å². The van der Waals surface area contributed by atoms with Crippen LogP contribution in [-0.2, 0) is 21.1 Å². The number of nitrogens with zero attached hydrogens (tertiary/aromatic N) is 4. The predicted octanol–water partition coefficient (Wildman–Crippen LogP) is 3.32. The zero-order chi connectivity index (χ0) is 24.4. The van der Waals surface area contributed by atoms with Crippen LogP contribution in [0.5, 0.6) is 0 Å². The number of halogens is 3. The van der Waals surface area contributed by atoms with Crippen molar-refractivity contribution in [3.05, 3.63) is 23.2 Å². The van der Waals surface area contributed by atoms with Gasteiger partial charge < -0.3 is 14.5 Å². The van der Waals surface area contributed by atoms with Crippen LogP contribution in [0.1, 0.15) is 51.6 Å². The summed E-state index contributed by atoms with van der Waals surface area (Å²) in [4.78, 5) is 30.8. The van der Waals surface area contributed by atoms with E-state index in [2.05, 4.69) is 10.2 Å². The van der Waals surface area contributed by atoms with Gasteiger partial charge in [-0.2, -0.15) is 18.3 Å². The zero-order valence-electron chi connectivity index (χ0n) is 19.6. The molecule has 1 aliphatic heterocycles. The van der Waals surface area contributed by atoms with Gasteiger partial charge in [-0.15, -0.1) is 0 Å². The summed E-state index contributed by atoms with van der Waals surface area (Å²) in [6.07, 6.45) is -3.96. The number of hydrogen-bond acceptors (Lipinski definition) is 5. The van der Waals surface area contributed by atoms with Gasteiger partial charge in [-0.25, -0.2) is 9.59 Å². The minimum atomic E-state index is -4.73. The molecule has 0 saturated heterocycles. The van der Waals surface area contributed by atoms with Crippen LogP contribution in [0.2, 0.25) is 0 Å². The number of hydrogen-bond donors (Lipinski definition) is 1. The van der Waals surface area contributed by atoms with E-state index >= 15 is 0 Å². The molecule has 2 amide bonds. The average Bonchev–Trinajstić information content (AvgIpc) is 3.09. The Hall–Kier alpha value is -2.56. The van der Waals surface area contributed by atoms with Crippen LogP contribution in [-0.4, -0.2) is 83.3 Å². The quantitative estimate of drug-likeness (QED) is 0.660. The minimum Gasteiger partial charge on any atom is -0.459 e. The molecule has 2 heterocycles. The largest absolute Gasteiger partial charge is 0.459 e. The third kappa shape index (κ3) is 5.62. The van der Waals surface area contributed by atoms with Gasteiger partial charge in [-0.3, -0.25) is 10.00 Å². The third-order valence-electron chi connectivity index (χ3n) is 5.32. The van der Waals surface area contributed by atoms with E-state index in [1.807, 2.05) is 18.9 Å². The van der Waals surface area contributed by atoms with Gasteiger partial charge in [0.1, 0.15) is 5.57 Å². The van der Waals surface area contributed by atoms with Crippen molar-refractivity contribution in [1.29, 1.82) is 0 Å². The van der Waals surface area contributed by atoms with Crippen molar-refractivity contribution in [2.45, 2.75) is 52.3 Å². The Kier molecular flexibility index (Phi) is 7.64. The molecule has 0 spiro atoms. The van der Waals surface area contributed by atoms with Crippen molar-refractivity contribution in [3.8, 4) is 0 Å². The predicted molar refractivity (Wildman–Crippen MR) is 114 cm³/mol. The fourth-order valence-corrected chi connectivity index (χ4v) is 3.52. The van der Waals surface area contributed by atoms with Crippen LogP contribution in [0.15, 0.2) is 6.20 Å². The van der Waals surface area contributed by atoms with Crippen LogP contribution in [0.4, 0.5) is 18.0 Å². The Bertz CT molecular complexity index is 877. The van der Waals surface area contributed by atoms with Gasteiger partial charge in [-0.1, -0.05) is 20.8 Å². The van der Waals surface area contributed by atoms with Crippen LogP contribution in [0.3, 0.4) is 0 Å². The highest BCUT2D eigenvalue weighted by Gasteiger charge is 2.46. The highest BCUT2D eigenvalue weighted by molar-refractivity contribution is 6.17. The second kappa shape index (κ2) is 9.51. The maximum atomic E-state index is 13.7. The summed E-state index contributed by atoms with van der Waals surface area (Å²) in [5.74, 6) is -0.831. The number of likely N-dealkylation sites (N-methyl/N-ethyl adjacent to an activating group) is 2. The number of carbonyl (C=O) groups is 2. The Balaban J connectivity index is 2.53. The zero-order valence-corrected chi connectivity index (χ0v) is 19.6. The van der Waals surface area contributed by atoms with Crippen LogP contribution >= 0.6 is 0 Å². The van der Waals surface area contributed by atoms with Gasteiger partial charge in [0.15, 0.2) is 5.69 Å². The fourth-order valence-electron chi connectivity index (χ4n) is 3.52. The molecule has 1 aromatic heterocycles. The Morgan fingerprint density at radius 1 is 1.28 bits per heavy atom. The number of amides is 2. The summed E-state index contributed by atoms with van der Waals surface area (Å²) in [7, 11) is 3.54. The molecule has 11 heteroatoms. The standard InChI is InChI=1S/C21H32F3N5O3/c1-8-27(6)9-10-28(7)19(31)29-11-14(18(30)32-13(2)3)16-15(20(4,5)12-29)17(26-25-16)21(22,23)24/h11,13H,8-10,12H2,1-7H3,(H,25,26). The van der Waals surface area contributed by atoms with Crippen LogP contribution in [0.25, 0.3) is 5.57 Å². The summed E-state index contributed by atoms with van der Waals surface area (Å²) >= 11 is 0. The molecule has 0 saturated carbocycles. The van der Waals surface area contributed by atoms with Gasteiger partial charge in [-0.05, 0) is 27.4 Å². The van der Waals surface area contributed by atoms with E-state index < -0.39 is 35.4 Å². The summed E-state index contributed by atoms with van der Waals surface area (Å²) in [5, 5.41) is 5.84. The number of urea groups is 1. The SMILES string of the molecule is CCN(C)CCN(C)C(=O)N1C=C(C(=O)OC(C)C)c2[nH]nc(C(F)(F)F)c2C(C)(C)C1. The van der Waals surface area contributed by atoms with Crippen molar-refractivity contribution in [3.63, 3.8) is 0 Å². The maximum absolute atomic E-state index is 13.7. The second-order valence-electron chi connectivity index (χ2n) is 8.93. The minimum absolute atomic E-state index is 0.0755. The Labute approximate surface area is 186 Å². The topological polar surface area (TPSA) is 81.8 Å². The molecule has 8 nitrogen and oxygen atoms in total. The number of carbonyl (C=O) groups excluding carboxylic acids is 2. The molecule has 0 radical (unpaired) electrons. The Morgan fingerprint density at radius 3 is 2.44 bits per heavy atom. The highest BCUT2D eigenvalue weighted by atomic mass is 19.4. The molecule has 32 heavy (non-hydrogen) atoms. The van der Waals surface area contributed by atoms with Crippen molar-refractivity contribution >= 4 is 17.6 Å². The van der Waals surface area contributed by atoms with Crippen LogP contribution in [0, 0.1) is 0 Å². The van der Waals surface area contributed by atoms with E-state index in [1.165, 1.54) is 16.0 Å². The van der Waals surface area contributed by atoms with Gasteiger partial charge in [0.2, 0.25) is 0 Å². The number of aromatic nitrogens is 2. The molecule has 180 valence electrons. The molecule has 0 bridgehead atoms. The third-order valence-corrected chi connectivity index (χ3v) is 5.32. The molecule has 1 N–H and O–H groups in total. The number of aromatic amines is 1. The molecule has 1 aliphatic rings. The molecule has 0 aliphatic carbocycles. The lowest BCUT2D eigenvalue weighted by Crippen LogP contribution is -2.45. The van der Waals surface area contributed by atoms with E-state index in [1.54, 1.807) is 34.7 Å². The van der Waals surface area contributed by atoms with Crippen molar-refractivity contribution in [2.24, 2.45) is 0 Å². The molecule has 0 unspecified atom stereocenters. The smallest absolute Gasteiger partial charge is 0.435 e. The summed E-state index contributed by atoms with van der Waals surface area (Å²) < 4.78 is 46.4. The monoisotopic (exact) mass is 459 g/mol. The fraction of sp³-hybridized carbons (Fsp3) is 0.667. The Morgan fingerprint density at radius 2 is 1.91 bits per heavy atom. The first-order valence-electron chi connectivity index (χ1n) is 10.5. The van der Waals surface area contributed by atoms with E-state index in [0.717, 1.165) is 6.54 Å². The maximum Gasteiger partial charge on any atom is 0.435 e. The first-order valence-corrected chi connectivity index (χ1v) is 10.5.